The minimum Gasteiger partial charge on any atom is -0.547 e. The Balaban J connectivity index is 0.00000361. The van der Waals surface area contributed by atoms with Crippen molar-refractivity contribution in [1.29, 1.82) is 0 Å². The van der Waals surface area contributed by atoms with Gasteiger partial charge in [-0.3, -0.25) is 4.79 Å². The Bertz CT molecular complexity index is 1180. The first-order valence-corrected chi connectivity index (χ1v) is 11.9. The summed E-state index contributed by atoms with van der Waals surface area (Å²) < 4.78 is 24.9. The number of hydrogen-bond acceptors (Lipinski definition) is 8. The zero-order chi connectivity index (χ0) is 24.8. The van der Waals surface area contributed by atoms with E-state index in [2.05, 4.69) is 15.6 Å². The number of oxazole rings is 1. The maximum atomic E-state index is 13.3. The van der Waals surface area contributed by atoms with Crippen LogP contribution in [0.2, 0.25) is 0 Å². The number of halogens is 1. The maximum absolute atomic E-state index is 13.3. The number of fused-ring (bicyclic) bond motifs is 1. The van der Waals surface area contributed by atoms with E-state index in [0.29, 0.717) is 17.1 Å². The Labute approximate surface area is 231 Å². The molecule has 1 saturated heterocycles. The number of alkyl halides is 1. The zero-order valence-corrected chi connectivity index (χ0v) is 22.6. The minimum atomic E-state index is -2.03. The molecule has 10 heteroatoms. The molecule has 8 nitrogen and oxygen atoms in total. The minimum absolute atomic E-state index is 0. The van der Waals surface area contributed by atoms with E-state index in [1.807, 2.05) is 43.3 Å². The molecule has 2 aromatic carbocycles. The summed E-state index contributed by atoms with van der Waals surface area (Å²) in [6, 6.07) is 13.5. The number of hydrogen-bond donors (Lipinski definition) is 2. The number of aryl methyl sites for hydroxylation is 1. The summed E-state index contributed by atoms with van der Waals surface area (Å²) in [5.74, 6) is -1.83. The van der Waals surface area contributed by atoms with Gasteiger partial charge in [0.25, 0.3) is 6.01 Å². The fourth-order valence-electron chi connectivity index (χ4n) is 4.26. The van der Waals surface area contributed by atoms with Crippen molar-refractivity contribution in [2.75, 3.05) is 18.5 Å². The Morgan fingerprint density at radius 1 is 1.31 bits per heavy atom. The van der Waals surface area contributed by atoms with Crippen LogP contribution < -0.4 is 45.3 Å². The van der Waals surface area contributed by atoms with Crippen LogP contribution in [0.1, 0.15) is 36.8 Å². The Kier molecular flexibility index (Phi) is 10.4. The molecule has 36 heavy (non-hydrogen) atoms. The molecule has 3 atom stereocenters. The molecular weight excluding hydrogens is 476 g/mol. The number of benzene rings is 2. The third kappa shape index (κ3) is 7.36. The smallest absolute Gasteiger partial charge is 0.547 e. The monoisotopic (exact) mass is 505 g/mol. The van der Waals surface area contributed by atoms with Crippen molar-refractivity contribution in [3.05, 3.63) is 53.6 Å². The third-order valence-corrected chi connectivity index (χ3v) is 6.15. The number of anilines is 2. The van der Waals surface area contributed by atoms with Gasteiger partial charge in [-0.25, -0.2) is 4.39 Å². The van der Waals surface area contributed by atoms with E-state index in [4.69, 9.17) is 9.15 Å². The number of Topliss-reactive ketones (excluding diaryl/α,β-unsaturated/α-hetero) is 1. The molecule has 1 aliphatic heterocycles. The van der Waals surface area contributed by atoms with E-state index in [1.165, 1.54) is 0 Å². The molecule has 3 aromatic rings. The largest absolute Gasteiger partial charge is 1.00 e. The molecule has 1 aromatic heterocycles. The van der Waals surface area contributed by atoms with Gasteiger partial charge >= 0.3 is 29.6 Å². The number of rotatable bonds is 12. The Morgan fingerprint density at radius 3 is 2.83 bits per heavy atom. The number of aromatic nitrogens is 1. The van der Waals surface area contributed by atoms with Gasteiger partial charge in [-0.1, -0.05) is 24.3 Å². The molecule has 0 spiro atoms. The van der Waals surface area contributed by atoms with Crippen LogP contribution in [0.15, 0.2) is 46.9 Å². The number of carboxylic acid groups (broad SMARTS) is 1. The summed E-state index contributed by atoms with van der Waals surface area (Å²) in [4.78, 5) is 28.2. The van der Waals surface area contributed by atoms with E-state index < -0.39 is 18.2 Å². The van der Waals surface area contributed by atoms with Gasteiger partial charge in [0, 0.05) is 24.8 Å². The van der Waals surface area contributed by atoms with Gasteiger partial charge < -0.3 is 29.7 Å². The first-order valence-electron chi connectivity index (χ1n) is 11.9. The summed E-state index contributed by atoms with van der Waals surface area (Å²) in [6.45, 7) is 2.89. The normalized spacial score (nSPS) is 16.9. The van der Waals surface area contributed by atoms with Crippen LogP contribution in [-0.2, 0) is 20.7 Å². The molecule has 2 N–H and O–H groups in total. The molecule has 0 bridgehead atoms. The van der Waals surface area contributed by atoms with Gasteiger partial charge in [0.05, 0.1) is 5.97 Å². The quantitative estimate of drug-likeness (QED) is 0.261. The van der Waals surface area contributed by atoms with Crippen LogP contribution in [0.3, 0.4) is 0 Å². The van der Waals surface area contributed by atoms with Crippen molar-refractivity contribution < 1.29 is 57.8 Å². The van der Waals surface area contributed by atoms with Crippen molar-refractivity contribution in [2.45, 2.75) is 57.3 Å². The van der Waals surface area contributed by atoms with Gasteiger partial charge in [0.2, 0.25) is 0 Å². The van der Waals surface area contributed by atoms with Gasteiger partial charge in [-0.05, 0) is 68.5 Å². The molecule has 0 radical (unpaired) electrons. The average molecular weight is 506 g/mol. The van der Waals surface area contributed by atoms with Crippen LogP contribution in [0, 0.1) is 6.92 Å². The summed E-state index contributed by atoms with van der Waals surface area (Å²) in [6.07, 6.45) is -0.857. The molecule has 2 unspecified atom stereocenters. The van der Waals surface area contributed by atoms with Gasteiger partial charge in [0.15, 0.2) is 11.4 Å². The van der Waals surface area contributed by atoms with Gasteiger partial charge in [-0.15, -0.1) is 0 Å². The predicted molar refractivity (Wildman–Crippen MR) is 127 cm³/mol. The molecule has 2 heterocycles. The molecule has 1 aliphatic rings. The topological polar surface area (TPSA) is 117 Å². The second-order valence-electron chi connectivity index (χ2n) is 8.83. The van der Waals surface area contributed by atoms with Gasteiger partial charge in [0.1, 0.15) is 17.8 Å². The molecule has 0 saturated carbocycles. The van der Waals surface area contributed by atoms with Crippen LogP contribution >= 0.6 is 0 Å². The molecule has 0 amide bonds. The fourth-order valence-corrected chi connectivity index (χ4v) is 4.26. The summed E-state index contributed by atoms with van der Waals surface area (Å²) in [7, 11) is 0. The van der Waals surface area contributed by atoms with E-state index >= 15 is 0 Å². The number of carboxylic acids is 1. The first kappa shape index (κ1) is 28.3. The molecule has 186 valence electrons. The van der Waals surface area contributed by atoms with E-state index in [0.717, 1.165) is 36.2 Å². The molecular formula is C26H29FN3NaO5. The number of nitrogens with one attached hydrogen (secondary N) is 2. The average Bonchev–Trinajstić information content (AvgIpc) is 3.49. The van der Waals surface area contributed by atoms with Crippen molar-refractivity contribution in [3.63, 3.8) is 0 Å². The standard InChI is InChI=1S/C26H30FN3O5.Na/c1-16-6-2-3-8-19(16)29-26-30-20-11-10-17(15-23(20)35-26)14-22(31)24(21-9-4-12-28-21)34-13-5-7-18(27)25(32)33;/h2-3,6,8,10-11,15,18,21,24,28H,4-5,7,9,12-14H2,1H3,(H,29,30)(H,32,33);/q;+1/p-1/t18-,21?,24?;/m0./s1. The number of aliphatic carboxylic acids is 1. The van der Waals surface area contributed by atoms with Crippen molar-refractivity contribution in [1.82, 2.24) is 10.3 Å². The molecule has 0 aliphatic carbocycles. The third-order valence-electron chi connectivity index (χ3n) is 6.15. The SMILES string of the molecule is Cc1ccccc1Nc1nc2ccc(CC(=O)C(OCCC[C@H](F)C(=O)[O-])C3CCCN3)cc2o1.[Na+]. The van der Waals surface area contributed by atoms with Crippen molar-refractivity contribution in [3.8, 4) is 0 Å². The fraction of sp³-hybridized carbons (Fsp3) is 0.423. The predicted octanol–water partition coefficient (Wildman–Crippen LogP) is 0.000820. The van der Waals surface area contributed by atoms with E-state index in [1.54, 1.807) is 6.07 Å². The zero-order valence-electron chi connectivity index (χ0n) is 20.6. The summed E-state index contributed by atoms with van der Waals surface area (Å²) >= 11 is 0. The second kappa shape index (κ2) is 13.3. The first-order chi connectivity index (χ1) is 16.9. The Morgan fingerprint density at radius 2 is 2.11 bits per heavy atom. The number of para-hydroxylation sites is 1. The summed E-state index contributed by atoms with van der Waals surface area (Å²) in [5.41, 5.74) is 3.98. The number of nitrogens with zero attached hydrogens (tertiary/aromatic N) is 1. The van der Waals surface area contributed by atoms with E-state index in [9.17, 15) is 19.1 Å². The number of carbonyl (C=O) groups is 2. The van der Waals surface area contributed by atoms with Crippen LogP contribution in [0.5, 0.6) is 0 Å². The molecule has 4 rings (SSSR count). The van der Waals surface area contributed by atoms with Gasteiger partial charge in [-0.2, -0.15) is 4.98 Å². The molecule has 1 fully saturated rings. The summed E-state index contributed by atoms with van der Waals surface area (Å²) in [5, 5.41) is 17.0. The van der Waals surface area contributed by atoms with Crippen molar-refractivity contribution >= 4 is 34.6 Å². The van der Waals surface area contributed by atoms with Crippen LogP contribution in [0.25, 0.3) is 11.1 Å². The maximum Gasteiger partial charge on any atom is 1.00 e. The van der Waals surface area contributed by atoms with Crippen LogP contribution in [0.4, 0.5) is 16.1 Å². The number of ether oxygens (including phenoxy) is 1. The van der Waals surface area contributed by atoms with E-state index in [-0.39, 0.29) is 67.3 Å². The van der Waals surface area contributed by atoms with Crippen molar-refractivity contribution in [2.24, 2.45) is 0 Å². The number of carbonyl (C=O) groups excluding carboxylic acids is 2. The second-order valence-corrected chi connectivity index (χ2v) is 8.83. The van der Waals surface area contributed by atoms with Crippen LogP contribution in [-0.4, -0.2) is 48.2 Å². The Hall–Kier alpha value is -2.30. The number of ketones is 1.